The second-order valence-electron chi connectivity index (χ2n) is 5.25. The van der Waals surface area contributed by atoms with Gasteiger partial charge in [-0.2, -0.15) is 9.89 Å². The van der Waals surface area contributed by atoms with Crippen LogP contribution in [0.15, 0.2) is 11.2 Å². The van der Waals surface area contributed by atoms with Crippen molar-refractivity contribution >= 4 is 12.1 Å². The Bertz CT molecular complexity index is 658. The average Bonchev–Trinajstić information content (AvgIpc) is 2.41. The van der Waals surface area contributed by atoms with Gasteiger partial charge in [-0.05, 0) is 18.8 Å². The summed E-state index contributed by atoms with van der Waals surface area (Å²) in [4.78, 5) is 5.88. The molecule has 7 N–H and O–H groups in total. The minimum absolute atomic E-state index is 0.183. The lowest BCUT2D eigenvalue weighted by atomic mass is 9.86. The van der Waals surface area contributed by atoms with Crippen LogP contribution in [-0.2, 0) is 0 Å². The van der Waals surface area contributed by atoms with Crippen molar-refractivity contribution in [2.75, 3.05) is 5.84 Å². The summed E-state index contributed by atoms with van der Waals surface area (Å²) in [5.74, 6) is 5.90. The summed E-state index contributed by atoms with van der Waals surface area (Å²) in [6.07, 6.45) is 7.28. The quantitative estimate of drug-likeness (QED) is 0.458. The zero-order chi connectivity index (χ0) is 14.7. The fraction of sp³-hybridized carbons (Fsp3) is 0.538. The SMILES string of the molecule is CC1CCCCC1N=c1c(=C(N)O)cnn(N)/c1=C\N. The molecule has 0 saturated heterocycles. The first-order valence-corrected chi connectivity index (χ1v) is 6.82. The fourth-order valence-corrected chi connectivity index (χ4v) is 2.62. The Morgan fingerprint density at radius 1 is 1.50 bits per heavy atom. The van der Waals surface area contributed by atoms with E-state index in [1.165, 1.54) is 18.8 Å². The molecule has 1 saturated carbocycles. The molecule has 2 unspecified atom stereocenters. The van der Waals surface area contributed by atoms with Gasteiger partial charge in [0.15, 0.2) is 5.88 Å². The Hall–Kier alpha value is -2.18. The number of hydrogen-bond acceptors (Lipinski definition) is 6. The number of aromatic nitrogens is 2. The Kier molecular flexibility index (Phi) is 4.16. The van der Waals surface area contributed by atoms with E-state index in [4.69, 9.17) is 22.3 Å². The van der Waals surface area contributed by atoms with E-state index in [9.17, 15) is 5.11 Å². The van der Waals surface area contributed by atoms with Crippen molar-refractivity contribution in [3.05, 3.63) is 22.1 Å². The lowest BCUT2D eigenvalue weighted by molar-refractivity contribution is 0.327. The molecule has 7 heteroatoms. The van der Waals surface area contributed by atoms with Gasteiger partial charge in [0.1, 0.15) is 10.7 Å². The van der Waals surface area contributed by atoms with Crippen molar-refractivity contribution in [2.24, 2.45) is 22.4 Å². The number of nitrogens with two attached hydrogens (primary N) is 3. The lowest BCUT2D eigenvalue weighted by Crippen LogP contribution is -2.52. The zero-order valence-electron chi connectivity index (χ0n) is 11.7. The highest BCUT2D eigenvalue weighted by Crippen LogP contribution is 2.25. The molecule has 0 bridgehead atoms. The smallest absolute Gasteiger partial charge is 0.192 e. The predicted octanol–water partition coefficient (Wildman–Crippen LogP) is -1.64. The van der Waals surface area contributed by atoms with Crippen LogP contribution in [0.25, 0.3) is 12.1 Å². The maximum atomic E-state index is 9.60. The molecule has 110 valence electrons. The van der Waals surface area contributed by atoms with Crippen LogP contribution in [0.5, 0.6) is 0 Å². The molecule has 0 radical (unpaired) electrons. The van der Waals surface area contributed by atoms with Crippen molar-refractivity contribution < 1.29 is 5.11 Å². The molecule has 1 aromatic rings. The Balaban J connectivity index is 2.72. The Labute approximate surface area is 117 Å². The van der Waals surface area contributed by atoms with Gasteiger partial charge in [-0.1, -0.05) is 19.8 Å². The van der Waals surface area contributed by atoms with Gasteiger partial charge < -0.3 is 22.4 Å². The van der Waals surface area contributed by atoms with E-state index < -0.39 is 0 Å². The van der Waals surface area contributed by atoms with E-state index in [-0.39, 0.29) is 11.9 Å². The van der Waals surface area contributed by atoms with E-state index in [2.05, 4.69) is 12.0 Å². The highest BCUT2D eigenvalue weighted by Gasteiger charge is 2.20. The molecule has 0 aromatic carbocycles. The molecule has 1 fully saturated rings. The van der Waals surface area contributed by atoms with Crippen molar-refractivity contribution in [2.45, 2.75) is 38.6 Å². The summed E-state index contributed by atoms with van der Waals surface area (Å²) in [7, 11) is 0. The second kappa shape index (κ2) is 5.85. The number of nitrogen functional groups attached to an aromatic ring is 1. The fourth-order valence-electron chi connectivity index (χ4n) is 2.62. The first-order valence-electron chi connectivity index (χ1n) is 6.82. The van der Waals surface area contributed by atoms with Crippen LogP contribution in [0.2, 0.25) is 0 Å². The largest absolute Gasteiger partial charge is 0.494 e. The van der Waals surface area contributed by atoms with Crippen LogP contribution in [0.1, 0.15) is 32.6 Å². The van der Waals surface area contributed by atoms with Gasteiger partial charge in [-0.25, -0.2) is 0 Å². The summed E-state index contributed by atoms with van der Waals surface area (Å²) in [6.45, 7) is 2.18. The molecule has 1 aliphatic rings. The highest BCUT2D eigenvalue weighted by atomic mass is 16.3. The molecule has 20 heavy (non-hydrogen) atoms. The van der Waals surface area contributed by atoms with E-state index in [0.29, 0.717) is 21.8 Å². The van der Waals surface area contributed by atoms with Crippen LogP contribution >= 0.6 is 0 Å². The molecule has 7 nitrogen and oxygen atoms in total. The van der Waals surface area contributed by atoms with Crippen molar-refractivity contribution in [1.29, 1.82) is 0 Å². The van der Waals surface area contributed by atoms with Crippen LogP contribution in [0.4, 0.5) is 0 Å². The predicted molar refractivity (Wildman–Crippen MR) is 77.5 cm³/mol. The molecule has 1 aliphatic carbocycles. The van der Waals surface area contributed by atoms with Gasteiger partial charge in [-0.15, -0.1) is 0 Å². The summed E-state index contributed by atoms with van der Waals surface area (Å²) in [6, 6.07) is 0.183. The first kappa shape index (κ1) is 14.2. The maximum absolute atomic E-state index is 9.60. The molecule has 2 rings (SSSR count). The average molecular weight is 278 g/mol. The number of aliphatic hydroxyl groups is 1. The van der Waals surface area contributed by atoms with Gasteiger partial charge in [-0.3, -0.25) is 4.99 Å². The maximum Gasteiger partial charge on any atom is 0.192 e. The van der Waals surface area contributed by atoms with Crippen molar-refractivity contribution in [3.8, 4) is 0 Å². The third-order valence-corrected chi connectivity index (χ3v) is 3.85. The third kappa shape index (κ3) is 2.71. The van der Waals surface area contributed by atoms with E-state index in [1.807, 2.05) is 0 Å². The zero-order valence-corrected chi connectivity index (χ0v) is 11.7. The second-order valence-corrected chi connectivity index (χ2v) is 5.25. The summed E-state index contributed by atoms with van der Waals surface area (Å²) >= 11 is 0. The van der Waals surface area contributed by atoms with Crippen LogP contribution in [0.3, 0.4) is 0 Å². The molecule has 1 heterocycles. The van der Waals surface area contributed by atoms with Crippen LogP contribution in [0, 0.1) is 5.92 Å². The lowest BCUT2D eigenvalue weighted by Gasteiger charge is -2.25. The standard InChI is InChI=1S/C13H22N6O/c1-8-4-2-3-5-10(8)18-12-9(13(15)20)7-17-19(16)11(12)6-14/h6-8,10,20H,2-5,14-16H2,1H3/b11-6-,13-9?,18-12?. The molecule has 0 spiro atoms. The van der Waals surface area contributed by atoms with Gasteiger partial charge in [0, 0.05) is 6.20 Å². The minimum Gasteiger partial charge on any atom is -0.494 e. The number of rotatable bonds is 1. The molecule has 0 aliphatic heterocycles. The molecule has 0 amide bonds. The number of aliphatic hydroxyl groups excluding tert-OH is 1. The van der Waals surface area contributed by atoms with Crippen LogP contribution in [-0.4, -0.2) is 21.0 Å². The molecular formula is C13H22N6O. The Morgan fingerprint density at radius 3 is 2.80 bits per heavy atom. The van der Waals surface area contributed by atoms with E-state index in [0.717, 1.165) is 24.1 Å². The number of hydrogen-bond donors (Lipinski definition) is 4. The number of nitrogens with zero attached hydrogens (tertiary/aromatic N) is 3. The van der Waals surface area contributed by atoms with Gasteiger partial charge in [0.2, 0.25) is 0 Å². The normalized spacial score (nSPS) is 26.6. The Morgan fingerprint density at radius 2 is 2.20 bits per heavy atom. The van der Waals surface area contributed by atoms with Gasteiger partial charge in [0.05, 0.1) is 17.5 Å². The minimum atomic E-state index is -0.330. The van der Waals surface area contributed by atoms with Crippen molar-refractivity contribution in [3.63, 3.8) is 0 Å². The topological polar surface area (TPSA) is 128 Å². The van der Waals surface area contributed by atoms with Gasteiger partial charge in [0.25, 0.3) is 0 Å². The molecular weight excluding hydrogens is 256 g/mol. The molecule has 2 atom stereocenters. The highest BCUT2D eigenvalue weighted by molar-refractivity contribution is 5.28. The summed E-state index contributed by atoms with van der Waals surface area (Å²) in [5.41, 5.74) is 11.1. The summed E-state index contributed by atoms with van der Waals surface area (Å²) in [5, 5.41) is 14.8. The third-order valence-electron chi connectivity index (χ3n) is 3.85. The molecule has 1 aromatic heterocycles. The van der Waals surface area contributed by atoms with E-state index >= 15 is 0 Å². The monoisotopic (exact) mass is 278 g/mol. The van der Waals surface area contributed by atoms with E-state index in [1.54, 1.807) is 0 Å². The summed E-state index contributed by atoms with van der Waals surface area (Å²) < 4.78 is 0. The van der Waals surface area contributed by atoms with Crippen molar-refractivity contribution in [1.82, 2.24) is 9.89 Å². The van der Waals surface area contributed by atoms with Crippen LogP contribution < -0.4 is 33.2 Å². The van der Waals surface area contributed by atoms with Gasteiger partial charge >= 0.3 is 0 Å². The first-order chi connectivity index (χ1) is 9.54.